The van der Waals surface area contributed by atoms with Crippen LogP contribution >= 0.6 is 11.6 Å². The number of carbonyl (C=O) groups is 1. The van der Waals surface area contributed by atoms with E-state index in [1.807, 2.05) is 60.3 Å². The summed E-state index contributed by atoms with van der Waals surface area (Å²) in [4.78, 5) is 21.6. The van der Waals surface area contributed by atoms with Crippen LogP contribution in [0.15, 0.2) is 54.9 Å². The zero-order valence-electron chi connectivity index (χ0n) is 20.3. The Morgan fingerprint density at radius 2 is 1.97 bits per heavy atom. The van der Waals surface area contributed by atoms with Crippen molar-refractivity contribution in [2.24, 2.45) is 5.92 Å². The van der Waals surface area contributed by atoms with E-state index in [1.165, 1.54) is 0 Å². The van der Waals surface area contributed by atoms with Gasteiger partial charge >= 0.3 is 0 Å². The lowest BCUT2D eigenvalue weighted by molar-refractivity contribution is -0.130. The third-order valence-electron chi connectivity index (χ3n) is 6.71. The van der Waals surface area contributed by atoms with Crippen LogP contribution in [0.25, 0.3) is 22.4 Å². The summed E-state index contributed by atoms with van der Waals surface area (Å²) < 4.78 is 7.57. The highest BCUT2D eigenvalue weighted by Gasteiger charge is 2.41. The van der Waals surface area contributed by atoms with E-state index in [9.17, 15) is 4.79 Å². The number of amides is 1. The molecule has 2 aromatic heterocycles. The van der Waals surface area contributed by atoms with E-state index < -0.39 is 0 Å². The molecule has 1 aliphatic heterocycles. The van der Waals surface area contributed by atoms with E-state index >= 15 is 0 Å². The van der Waals surface area contributed by atoms with Crippen molar-refractivity contribution in [3.8, 4) is 28.1 Å². The lowest BCUT2D eigenvalue weighted by Crippen LogP contribution is -2.47. The maximum absolute atomic E-state index is 13.3. The number of nitrogens with zero attached hydrogens (tertiary/aromatic N) is 5. The van der Waals surface area contributed by atoms with Crippen molar-refractivity contribution in [2.45, 2.75) is 32.0 Å². The van der Waals surface area contributed by atoms with Crippen LogP contribution in [0.5, 0.6) is 5.75 Å². The average molecular weight is 492 g/mol. The summed E-state index contributed by atoms with van der Waals surface area (Å²) in [5.74, 6) is 1.20. The van der Waals surface area contributed by atoms with E-state index in [0.717, 1.165) is 47.5 Å². The molecule has 0 unspecified atom stereocenters. The maximum atomic E-state index is 13.3. The molecule has 5 rings (SSSR count). The number of hydrogen-bond acceptors (Lipinski definition) is 5. The molecule has 0 spiro atoms. The topological polar surface area (TPSA) is 63.5 Å². The molecular weight excluding hydrogens is 462 g/mol. The minimum atomic E-state index is 0.0617. The highest BCUT2D eigenvalue weighted by molar-refractivity contribution is 6.32. The van der Waals surface area contributed by atoms with Crippen molar-refractivity contribution in [1.29, 1.82) is 0 Å². The standard InChI is InChI=1S/C27H30ClN5O2/c1-31(2)14-4-5-25(34)32-16-23-26(19-10-12-29-13-11-19)27(20-8-9-21(28)24(15-20)35-3)30-33(23)17-22(32)18-6-7-18/h4-5,8-13,15,18,22H,6-7,14,16-17H2,1-3H3/b5-4+/t22-/m1/s1. The number of ether oxygens (including phenoxy) is 1. The maximum Gasteiger partial charge on any atom is 0.246 e. The van der Waals surface area contributed by atoms with Gasteiger partial charge in [0.1, 0.15) is 11.4 Å². The number of pyridine rings is 1. The second-order valence-corrected chi connectivity index (χ2v) is 9.88. The van der Waals surface area contributed by atoms with Gasteiger partial charge in [-0.05, 0) is 62.7 Å². The second-order valence-electron chi connectivity index (χ2n) is 9.47. The predicted octanol–water partition coefficient (Wildman–Crippen LogP) is 4.51. The van der Waals surface area contributed by atoms with Crippen molar-refractivity contribution in [3.63, 3.8) is 0 Å². The first-order valence-electron chi connectivity index (χ1n) is 11.9. The minimum Gasteiger partial charge on any atom is -0.495 e. The van der Waals surface area contributed by atoms with Crippen LogP contribution in [0.4, 0.5) is 0 Å². The number of hydrogen-bond donors (Lipinski definition) is 0. The predicted molar refractivity (Wildman–Crippen MR) is 137 cm³/mol. The molecule has 1 amide bonds. The van der Waals surface area contributed by atoms with Gasteiger partial charge in [-0.15, -0.1) is 0 Å². The van der Waals surface area contributed by atoms with E-state index in [4.69, 9.17) is 21.4 Å². The number of carbonyl (C=O) groups excluding carboxylic acids is 1. The zero-order chi connectivity index (χ0) is 24.5. The van der Waals surface area contributed by atoms with Gasteiger partial charge in [-0.3, -0.25) is 14.5 Å². The quantitative estimate of drug-likeness (QED) is 0.455. The molecule has 2 aliphatic rings. The van der Waals surface area contributed by atoms with E-state index in [0.29, 0.717) is 29.8 Å². The van der Waals surface area contributed by atoms with Crippen molar-refractivity contribution in [2.75, 3.05) is 27.7 Å². The Bertz CT molecular complexity index is 1250. The zero-order valence-corrected chi connectivity index (χ0v) is 21.1. The Hall–Kier alpha value is -3.16. The first-order chi connectivity index (χ1) is 17.0. The number of fused-ring (bicyclic) bond motifs is 1. The fourth-order valence-corrected chi connectivity index (χ4v) is 4.97. The first-order valence-corrected chi connectivity index (χ1v) is 12.3. The smallest absolute Gasteiger partial charge is 0.246 e. The summed E-state index contributed by atoms with van der Waals surface area (Å²) in [7, 11) is 5.60. The molecule has 35 heavy (non-hydrogen) atoms. The molecular formula is C27H30ClN5O2. The number of likely N-dealkylation sites (N-methyl/N-ethyl adjacent to an activating group) is 1. The molecule has 8 heteroatoms. The molecule has 0 radical (unpaired) electrons. The van der Waals surface area contributed by atoms with Crippen LogP contribution in [-0.2, 0) is 17.9 Å². The van der Waals surface area contributed by atoms with E-state index in [2.05, 4.69) is 9.67 Å². The molecule has 0 saturated heterocycles. The second kappa shape index (κ2) is 9.84. The highest BCUT2D eigenvalue weighted by atomic mass is 35.5. The molecule has 182 valence electrons. The molecule has 0 bridgehead atoms. The SMILES string of the molecule is COc1cc(-c2nn3c(c2-c2ccncc2)CN(C(=O)/C=C/CN(C)C)[C@@H](C2CC2)C3)ccc1Cl. The summed E-state index contributed by atoms with van der Waals surface area (Å²) in [5, 5.41) is 5.63. The van der Waals surface area contributed by atoms with Gasteiger partial charge in [0.05, 0.1) is 37.0 Å². The molecule has 0 N–H and O–H groups in total. The van der Waals surface area contributed by atoms with Crippen molar-refractivity contribution in [1.82, 2.24) is 24.6 Å². The van der Waals surface area contributed by atoms with Gasteiger partial charge < -0.3 is 14.5 Å². The van der Waals surface area contributed by atoms with E-state index in [-0.39, 0.29) is 11.9 Å². The van der Waals surface area contributed by atoms with Crippen molar-refractivity contribution >= 4 is 17.5 Å². The molecule has 3 heterocycles. The largest absolute Gasteiger partial charge is 0.495 e. The summed E-state index contributed by atoms with van der Waals surface area (Å²) in [5.41, 5.74) is 4.85. The monoisotopic (exact) mass is 491 g/mol. The molecule has 1 saturated carbocycles. The molecule has 3 aromatic rings. The number of aromatic nitrogens is 3. The minimum absolute atomic E-state index is 0.0617. The van der Waals surface area contributed by atoms with Gasteiger partial charge in [-0.25, -0.2) is 0 Å². The Kier molecular flexibility index (Phi) is 6.62. The normalized spacial score (nSPS) is 17.7. The molecule has 1 aromatic carbocycles. The number of halogens is 1. The van der Waals surface area contributed by atoms with Crippen molar-refractivity contribution in [3.05, 3.63) is 65.6 Å². The molecule has 1 atom stereocenters. The van der Waals surface area contributed by atoms with Crippen LogP contribution in [0.2, 0.25) is 5.02 Å². The van der Waals surface area contributed by atoms with Crippen molar-refractivity contribution < 1.29 is 9.53 Å². The van der Waals surface area contributed by atoms with Gasteiger partial charge in [0.2, 0.25) is 5.91 Å². The Morgan fingerprint density at radius 3 is 2.66 bits per heavy atom. The molecule has 1 fully saturated rings. The van der Waals surface area contributed by atoms with Crippen LogP contribution < -0.4 is 4.74 Å². The third kappa shape index (κ3) is 4.83. The summed E-state index contributed by atoms with van der Waals surface area (Å²) in [6.45, 7) is 1.94. The Labute approximate surface area is 211 Å². The van der Waals surface area contributed by atoms with Crippen LogP contribution in [-0.4, -0.2) is 64.3 Å². The fraction of sp³-hybridized carbons (Fsp3) is 0.370. The highest BCUT2D eigenvalue weighted by Crippen LogP contribution is 2.43. The van der Waals surface area contributed by atoms with Gasteiger partial charge in [0, 0.05) is 36.1 Å². The number of rotatable bonds is 7. The molecule has 1 aliphatic carbocycles. The summed E-state index contributed by atoms with van der Waals surface area (Å²) >= 11 is 6.31. The van der Waals surface area contributed by atoms with E-state index in [1.54, 1.807) is 25.6 Å². The third-order valence-corrected chi connectivity index (χ3v) is 7.02. The summed E-state index contributed by atoms with van der Waals surface area (Å²) in [6, 6.07) is 9.86. The Balaban J connectivity index is 1.60. The van der Waals surface area contributed by atoms with Crippen LogP contribution in [0.1, 0.15) is 18.5 Å². The molecule has 7 nitrogen and oxygen atoms in total. The summed E-state index contributed by atoms with van der Waals surface area (Å²) in [6.07, 6.45) is 9.55. The van der Waals surface area contributed by atoms with Gasteiger partial charge in [0.15, 0.2) is 0 Å². The lowest BCUT2D eigenvalue weighted by Gasteiger charge is -2.36. The first kappa shape index (κ1) is 23.6. The van der Waals surface area contributed by atoms with Crippen LogP contribution in [0, 0.1) is 5.92 Å². The van der Waals surface area contributed by atoms with Gasteiger partial charge in [-0.2, -0.15) is 5.10 Å². The number of benzene rings is 1. The number of methoxy groups -OCH3 is 1. The lowest BCUT2D eigenvalue weighted by atomic mass is 9.97. The average Bonchev–Trinajstić information content (AvgIpc) is 3.64. The van der Waals surface area contributed by atoms with Gasteiger partial charge in [0.25, 0.3) is 0 Å². The van der Waals surface area contributed by atoms with Crippen LogP contribution in [0.3, 0.4) is 0 Å². The fourth-order valence-electron chi connectivity index (χ4n) is 4.78. The van der Waals surface area contributed by atoms with Gasteiger partial charge in [-0.1, -0.05) is 23.7 Å². The Morgan fingerprint density at radius 1 is 1.20 bits per heavy atom.